The van der Waals surface area contributed by atoms with E-state index in [0.29, 0.717) is 30.6 Å². The van der Waals surface area contributed by atoms with Crippen LogP contribution < -0.4 is 11.0 Å². The van der Waals surface area contributed by atoms with Gasteiger partial charge in [0.25, 0.3) is 5.56 Å². The van der Waals surface area contributed by atoms with E-state index >= 15 is 0 Å². The van der Waals surface area contributed by atoms with Gasteiger partial charge in [-0.05, 0) is 30.0 Å². The summed E-state index contributed by atoms with van der Waals surface area (Å²) < 4.78 is 3.95. The van der Waals surface area contributed by atoms with E-state index in [4.69, 9.17) is 11.6 Å². The number of pyridine rings is 2. The van der Waals surface area contributed by atoms with E-state index in [1.165, 1.54) is 0 Å². The van der Waals surface area contributed by atoms with Crippen LogP contribution in [0.3, 0.4) is 0 Å². The molecule has 9 heteroatoms. The first kappa shape index (κ1) is 26.3. The van der Waals surface area contributed by atoms with Crippen molar-refractivity contribution in [3.63, 3.8) is 0 Å². The molecule has 0 amide bonds. The van der Waals surface area contributed by atoms with Crippen molar-refractivity contribution in [2.45, 2.75) is 38.5 Å². The van der Waals surface area contributed by atoms with E-state index in [1.807, 2.05) is 40.4 Å². The summed E-state index contributed by atoms with van der Waals surface area (Å²) >= 11 is 6.36. The third-order valence-corrected chi connectivity index (χ3v) is 9.14. The zero-order valence-electron chi connectivity index (χ0n) is 22.4. The average Bonchev–Trinajstić information content (AvgIpc) is 2.92. The average molecular weight is 550 g/mol. The van der Waals surface area contributed by atoms with E-state index in [-0.39, 0.29) is 16.7 Å². The Labute approximate surface area is 233 Å². The topological polar surface area (TPSA) is 73.9 Å². The van der Waals surface area contributed by atoms with Crippen LogP contribution in [0.15, 0.2) is 58.1 Å². The molecule has 6 rings (SSSR count). The summed E-state index contributed by atoms with van der Waals surface area (Å²) in [5.74, 6) is 0.595. The summed E-state index contributed by atoms with van der Waals surface area (Å²) in [5, 5.41) is 11.6. The second-order valence-corrected chi connectivity index (χ2v) is 11.8. The van der Waals surface area contributed by atoms with E-state index in [0.717, 1.165) is 80.8 Å². The third-order valence-electron chi connectivity index (χ3n) is 8.77. The number of likely N-dealkylation sites (tertiary alicyclic amines) is 1. The van der Waals surface area contributed by atoms with Crippen molar-refractivity contribution in [1.29, 1.82) is 0 Å². The molecule has 0 spiro atoms. The number of nitrogens with zero attached hydrogens (tertiary/aromatic N) is 5. The molecule has 2 fully saturated rings. The molecule has 3 aromatic rings. The highest BCUT2D eigenvalue weighted by atomic mass is 35.5. The number of aromatic nitrogens is 2. The zero-order valence-corrected chi connectivity index (χ0v) is 23.2. The number of aromatic hydroxyl groups is 1. The molecule has 0 saturated carbocycles. The molecule has 0 unspecified atom stereocenters. The molecule has 1 N–H and O–H groups in total. The lowest BCUT2D eigenvalue weighted by Crippen LogP contribution is -2.47. The number of piperazine rings is 1. The van der Waals surface area contributed by atoms with Gasteiger partial charge in [0.1, 0.15) is 0 Å². The maximum absolute atomic E-state index is 12.8. The van der Waals surface area contributed by atoms with Crippen LogP contribution in [0, 0.1) is 5.92 Å². The molecule has 3 aliphatic heterocycles. The van der Waals surface area contributed by atoms with Gasteiger partial charge >= 0.3 is 0 Å². The van der Waals surface area contributed by atoms with Crippen LogP contribution in [-0.4, -0.2) is 68.2 Å². The maximum Gasteiger partial charge on any atom is 0.250 e. The first-order chi connectivity index (χ1) is 18.9. The number of fused-ring (bicyclic) bond motifs is 4. The molecule has 1 aromatic carbocycles. The van der Waals surface area contributed by atoms with Crippen LogP contribution in [-0.2, 0) is 33.2 Å². The van der Waals surface area contributed by atoms with Gasteiger partial charge in [-0.3, -0.25) is 24.3 Å². The van der Waals surface area contributed by atoms with Gasteiger partial charge in [0, 0.05) is 107 Å². The van der Waals surface area contributed by atoms with E-state index < -0.39 is 0 Å². The summed E-state index contributed by atoms with van der Waals surface area (Å²) in [4.78, 5) is 32.3. The summed E-state index contributed by atoms with van der Waals surface area (Å²) in [5.41, 5.74) is 3.62. The summed E-state index contributed by atoms with van der Waals surface area (Å²) in [6.07, 6.45) is 1.10. The van der Waals surface area contributed by atoms with E-state index in [9.17, 15) is 14.7 Å². The van der Waals surface area contributed by atoms with Crippen LogP contribution in [0.25, 0.3) is 0 Å². The first-order valence-corrected chi connectivity index (χ1v) is 14.2. The van der Waals surface area contributed by atoms with Crippen LogP contribution in [0.2, 0.25) is 5.02 Å². The Balaban J connectivity index is 1.13. The molecule has 2 aromatic heterocycles. The molecule has 2 atom stereocenters. The molecule has 8 nitrogen and oxygen atoms in total. The smallest absolute Gasteiger partial charge is 0.250 e. The number of halogens is 1. The van der Waals surface area contributed by atoms with Gasteiger partial charge in [-0.1, -0.05) is 35.9 Å². The Morgan fingerprint density at radius 1 is 0.872 bits per heavy atom. The zero-order chi connectivity index (χ0) is 27.1. The highest BCUT2D eigenvalue weighted by Crippen LogP contribution is 2.35. The summed E-state index contributed by atoms with van der Waals surface area (Å²) in [7, 11) is 1.96. The van der Waals surface area contributed by atoms with Crippen molar-refractivity contribution in [1.82, 2.24) is 23.8 Å². The van der Waals surface area contributed by atoms with Crippen LogP contribution in [0.5, 0.6) is 5.75 Å². The Morgan fingerprint density at radius 2 is 1.62 bits per heavy atom. The highest BCUT2D eigenvalue weighted by molar-refractivity contribution is 6.31. The summed E-state index contributed by atoms with van der Waals surface area (Å²) in [6, 6.07) is 15.1. The monoisotopic (exact) mass is 549 g/mol. The van der Waals surface area contributed by atoms with Gasteiger partial charge in [-0.25, -0.2) is 0 Å². The predicted molar refractivity (Wildman–Crippen MR) is 152 cm³/mol. The van der Waals surface area contributed by atoms with Crippen molar-refractivity contribution in [2.75, 3.05) is 39.3 Å². The minimum Gasteiger partial charge on any atom is -0.503 e. The molecular formula is C30H36ClN5O3. The molecule has 0 aliphatic carbocycles. The largest absolute Gasteiger partial charge is 0.503 e. The number of rotatable bonds is 6. The van der Waals surface area contributed by atoms with Gasteiger partial charge < -0.3 is 14.2 Å². The molecular weight excluding hydrogens is 514 g/mol. The lowest BCUT2D eigenvalue weighted by Gasteiger charge is -2.43. The Morgan fingerprint density at radius 3 is 2.38 bits per heavy atom. The quantitative estimate of drug-likeness (QED) is 0.510. The van der Waals surface area contributed by atoms with Gasteiger partial charge in [-0.2, -0.15) is 0 Å². The Bertz CT molecular complexity index is 1480. The van der Waals surface area contributed by atoms with Gasteiger partial charge in [-0.15, -0.1) is 0 Å². The van der Waals surface area contributed by atoms with Crippen LogP contribution in [0.4, 0.5) is 0 Å². The second kappa shape index (κ2) is 10.9. The second-order valence-electron chi connectivity index (χ2n) is 11.4. The fraction of sp³-hybridized carbons (Fsp3) is 0.467. The van der Waals surface area contributed by atoms with Crippen molar-refractivity contribution in [2.24, 2.45) is 13.0 Å². The van der Waals surface area contributed by atoms with Crippen molar-refractivity contribution in [3.05, 3.63) is 96.8 Å². The van der Waals surface area contributed by atoms with Gasteiger partial charge in [0.15, 0.2) is 5.75 Å². The standard InChI is InChI=1S/C30H36ClN5O3/c1-32-24(19-35-15-21-13-23(18-35)26-7-4-8-29(38)36(26)16-21)14-28(37)30(39)27(32)20-34-11-9-33(10-12-34)17-22-5-2-3-6-25(22)31/h2-8,14,21,23,39H,9-13,15-20H2,1H3/t21-,23-/m0/s1. The number of piperidine rings is 1. The van der Waals surface area contributed by atoms with E-state index in [2.05, 4.69) is 26.8 Å². The normalized spacial score (nSPS) is 22.1. The minimum absolute atomic E-state index is 0.0888. The highest BCUT2D eigenvalue weighted by Gasteiger charge is 2.34. The van der Waals surface area contributed by atoms with Crippen molar-refractivity contribution >= 4 is 11.6 Å². The molecule has 206 valence electrons. The fourth-order valence-corrected chi connectivity index (χ4v) is 6.86. The van der Waals surface area contributed by atoms with Crippen molar-refractivity contribution in [3.8, 4) is 5.75 Å². The maximum atomic E-state index is 12.8. The number of hydrogen-bond acceptors (Lipinski definition) is 6. The van der Waals surface area contributed by atoms with Crippen LogP contribution in [0.1, 0.15) is 35.0 Å². The molecule has 3 aliphatic rings. The molecule has 0 radical (unpaired) electrons. The molecule has 2 bridgehead atoms. The third kappa shape index (κ3) is 5.43. The molecule has 2 saturated heterocycles. The van der Waals surface area contributed by atoms with Gasteiger partial charge in [0.05, 0.1) is 5.69 Å². The number of benzene rings is 1. The van der Waals surface area contributed by atoms with Crippen LogP contribution >= 0.6 is 11.6 Å². The van der Waals surface area contributed by atoms with Gasteiger partial charge in [0.2, 0.25) is 5.43 Å². The van der Waals surface area contributed by atoms with E-state index in [1.54, 1.807) is 12.1 Å². The predicted octanol–water partition coefficient (Wildman–Crippen LogP) is 2.84. The summed E-state index contributed by atoms with van der Waals surface area (Å²) in [6.45, 7) is 8.04. The molecule has 39 heavy (non-hydrogen) atoms. The minimum atomic E-state index is -0.315. The fourth-order valence-electron chi connectivity index (χ4n) is 6.66. The first-order valence-electron chi connectivity index (χ1n) is 13.9. The lowest BCUT2D eigenvalue weighted by atomic mass is 9.83. The number of hydrogen-bond donors (Lipinski definition) is 1. The Hall–Kier alpha value is -2.91. The SMILES string of the molecule is Cn1c(CN2C[C@@H]3C[C@@H](C2)c2cccc(=O)n2C3)cc(=O)c(O)c1CN1CCN(Cc2ccccc2Cl)CC1. The molecule has 5 heterocycles. The lowest BCUT2D eigenvalue weighted by molar-refractivity contribution is 0.110. The van der Waals surface area contributed by atoms with Crippen molar-refractivity contribution < 1.29 is 5.11 Å². The Kier molecular flexibility index (Phi) is 7.37.